The van der Waals surface area contributed by atoms with Crippen LogP contribution < -0.4 is 5.32 Å². The van der Waals surface area contributed by atoms with Crippen molar-refractivity contribution in [1.29, 1.82) is 0 Å². The molecule has 0 aromatic heterocycles. The summed E-state index contributed by atoms with van der Waals surface area (Å²) >= 11 is 0. The van der Waals surface area contributed by atoms with E-state index in [0.717, 1.165) is 32.1 Å². The van der Waals surface area contributed by atoms with Gasteiger partial charge in [-0.15, -0.1) is 0 Å². The van der Waals surface area contributed by atoms with E-state index in [1.54, 1.807) is 6.07 Å². The molecule has 0 aliphatic carbocycles. The monoisotopic (exact) mass is 280 g/mol. The SMILES string of the molecule is CCC1C2CNCC2CN1C(C)c1ccc(F)cc1F. The lowest BCUT2D eigenvalue weighted by Gasteiger charge is -2.32. The van der Waals surface area contributed by atoms with Crippen molar-refractivity contribution in [2.75, 3.05) is 19.6 Å². The molecule has 1 aromatic rings. The van der Waals surface area contributed by atoms with Crippen LogP contribution in [0.5, 0.6) is 0 Å². The van der Waals surface area contributed by atoms with Crippen molar-refractivity contribution in [3.05, 3.63) is 35.4 Å². The van der Waals surface area contributed by atoms with Gasteiger partial charge in [-0.3, -0.25) is 4.90 Å². The van der Waals surface area contributed by atoms with Gasteiger partial charge in [0.25, 0.3) is 0 Å². The first-order valence-corrected chi connectivity index (χ1v) is 7.53. The standard InChI is InChI=1S/C16H22F2N2/c1-3-16-14-8-19-7-11(14)9-20(16)10(2)13-5-4-12(17)6-15(13)18/h4-6,10-11,14,16,19H,3,7-9H2,1-2H3. The molecule has 110 valence electrons. The number of nitrogens with one attached hydrogen (secondary N) is 1. The van der Waals surface area contributed by atoms with Crippen LogP contribution in [0.25, 0.3) is 0 Å². The van der Waals surface area contributed by atoms with E-state index in [1.807, 2.05) is 6.92 Å². The first-order chi connectivity index (χ1) is 9.61. The first-order valence-electron chi connectivity index (χ1n) is 7.53. The maximum absolute atomic E-state index is 14.0. The number of nitrogens with zero attached hydrogens (tertiary/aromatic N) is 1. The predicted molar refractivity (Wildman–Crippen MR) is 75.4 cm³/mol. The maximum Gasteiger partial charge on any atom is 0.130 e. The molecular formula is C16H22F2N2. The Hall–Kier alpha value is -1.00. The Labute approximate surface area is 119 Å². The highest BCUT2D eigenvalue weighted by atomic mass is 19.1. The van der Waals surface area contributed by atoms with Gasteiger partial charge in [0.05, 0.1) is 0 Å². The Morgan fingerprint density at radius 2 is 2.15 bits per heavy atom. The molecule has 0 bridgehead atoms. The van der Waals surface area contributed by atoms with E-state index in [9.17, 15) is 8.78 Å². The van der Waals surface area contributed by atoms with Crippen LogP contribution in [0.4, 0.5) is 8.78 Å². The lowest BCUT2D eigenvalue weighted by atomic mass is 9.92. The lowest BCUT2D eigenvalue weighted by molar-refractivity contribution is 0.162. The second kappa shape index (κ2) is 5.41. The quantitative estimate of drug-likeness (QED) is 0.916. The molecule has 3 rings (SSSR count). The molecule has 2 nitrogen and oxygen atoms in total. The zero-order valence-corrected chi connectivity index (χ0v) is 12.1. The molecule has 2 aliphatic rings. The van der Waals surface area contributed by atoms with Crippen molar-refractivity contribution in [3.63, 3.8) is 0 Å². The summed E-state index contributed by atoms with van der Waals surface area (Å²) in [4.78, 5) is 2.41. The molecule has 20 heavy (non-hydrogen) atoms. The number of benzene rings is 1. The number of likely N-dealkylation sites (tertiary alicyclic amines) is 1. The van der Waals surface area contributed by atoms with Crippen molar-refractivity contribution in [2.24, 2.45) is 11.8 Å². The van der Waals surface area contributed by atoms with E-state index in [2.05, 4.69) is 17.1 Å². The van der Waals surface area contributed by atoms with Crippen LogP contribution in [0.15, 0.2) is 18.2 Å². The summed E-state index contributed by atoms with van der Waals surface area (Å²) in [5, 5.41) is 3.46. The highest BCUT2D eigenvalue weighted by molar-refractivity contribution is 5.22. The molecule has 1 aromatic carbocycles. The molecule has 4 atom stereocenters. The van der Waals surface area contributed by atoms with Gasteiger partial charge >= 0.3 is 0 Å². The molecular weight excluding hydrogens is 258 g/mol. The summed E-state index contributed by atoms with van der Waals surface area (Å²) in [6, 6.07) is 4.44. The average Bonchev–Trinajstić information content (AvgIpc) is 2.97. The van der Waals surface area contributed by atoms with Gasteiger partial charge in [-0.2, -0.15) is 0 Å². The second-order valence-corrected chi connectivity index (χ2v) is 6.10. The molecule has 0 radical (unpaired) electrons. The minimum atomic E-state index is -0.506. The molecule has 4 unspecified atom stereocenters. The fraction of sp³-hybridized carbons (Fsp3) is 0.625. The van der Waals surface area contributed by atoms with E-state index < -0.39 is 11.6 Å². The van der Waals surface area contributed by atoms with Crippen molar-refractivity contribution in [2.45, 2.75) is 32.4 Å². The number of hydrogen-bond acceptors (Lipinski definition) is 2. The molecule has 0 amide bonds. The lowest BCUT2D eigenvalue weighted by Crippen LogP contribution is -2.37. The zero-order chi connectivity index (χ0) is 14.3. The van der Waals surface area contributed by atoms with Crippen LogP contribution in [0.3, 0.4) is 0 Å². The Morgan fingerprint density at radius 3 is 2.85 bits per heavy atom. The molecule has 2 aliphatic heterocycles. The Morgan fingerprint density at radius 1 is 1.35 bits per heavy atom. The van der Waals surface area contributed by atoms with Crippen LogP contribution in [0, 0.1) is 23.5 Å². The second-order valence-electron chi connectivity index (χ2n) is 6.10. The fourth-order valence-corrected chi connectivity index (χ4v) is 4.06. The highest BCUT2D eigenvalue weighted by Gasteiger charge is 2.45. The van der Waals surface area contributed by atoms with Gasteiger partial charge in [-0.25, -0.2) is 8.78 Å². The summed E-state index contributed by atoms with van der Waals surface area (Å²) in [7, 11) is 0. The van der Waals surface area contributed by atoms with Crippen LogP contribution in [-0.4, -0.2) is 30.6 Å². The van der Waals surface area contributed by atoms with Crippen LogP contribution in [0.1, 0.15) is 31.9 Å². The summed E-state index contributed by atoms with van der Waals surface area (Å²) < 4.78 is 27.1. The maximum atomic E-state index is 14.0. The first kappa shape index (κ1) is 14.0. The van der Waals surface area contributed by atoms with E-state index in [0.29, 0.717) is 23.4 Å². The van der Waals surface area contributed by atoms with Crippen LogP contribution in [0.2, 0.25) is 0 Å². The third kappa shape index (κ3) is 2.25. The van der Waals surface area contributed by atoms with Gasteiger partial charge in [0.2, 0.25) is 0 Å². The predicted octanol–water partition coefficient (Wildman–Crippen LogP) is 2.96. The van der Waals surface area contributed by atoms with E-state index in [1.165, 1.54) is 6.07 Å². The van der Waals surface area contributed by atoms with Crippen LogP contribution in [-0.2, 0) is 0 Å². The Kier molecular flexibility index (Phi) is 3.78. The smallest absolute Gasteiger partial charge is 0.130 e. The molecule has 2 heterocycles. The van der Waals surface area contributed by atoms with Crippen LogP contribution >= 0.6 is 0 Å². The number of fused-ring (bicyclic) bond motifs is 1. The van der Waals surface area contributed by atoms with Crippen molar-refractivity contribution in [3.8, 4) is 0 Å². The molecule has 4 heteroatoms. The van der Waals surface area contributed by atoms with Crippen molar-refractivity contribution < 1.29 is 8.78 Å². The normalized spacial score (nSPS) is 31.5. The van der Waals surface area contributed by atoms with Gasteiger partial charge in [0.15, 0.2) is 0 Å². The van der Waals surface area contributed by atoms with E-state index >= 15 is 0 Å². The third-order valence-electron chi connectivity index (χ3n) is 5.09. The summed E-state index contributed by atoms with van der Waals surface area (Å²) in [6.45, 7) is 7.38. The topological polar surface area (TPSA) is 15.3 Å². The van der Waals surface area contributed by atoms with Gasteiger partial charge in [0.1, 0.15) is 11.6 Å². The Balaban J connectivity index is 1.84. The average molecular weight is 280 g/mol. The largest absolute Gasteiger partial charge is 0.316 e. The third-order valence-corrected chi connectivity index (χ3v) is 5.09. The number of halogens is 2. The van der Waals surface area contributed by atoms with Gasteiger partial charge in [0, 0.05) is 30.3 Å². The molecule has 0 saturated carbocycles. The van der Waals surface area contributed by atoms with Crippen molar-refractivity contribution in [1.82, 2.24) is 10.2 Å². The van der Waals surface area contributed by atoms with Gasteiger partial charge in [-0.05, 0) is 44.3 Å². The number of hydrogen-bond donors (Lipinski definition) is 1. The molecule has 1 N–H and O–H groups in total. The zero-order valence-electron chi connectivity index (χ0n) is 12.1. The minimum Gasteiger partial charge on any atom is -0.316 e. The summed E-state index contributed by atoms with van der Waals surface area (Å²) in [5.74, 6) is 0.410. The van der Waals surface area contributed by atoms with Gasteiger partial charge in [-0.1, -0.05) is 13.0 Å². The minimum absolute atomic E-state index is 0.00569. The highest BCUT2D eigenvalue weighted by Crippen LogP contribution is 2.39. The van der Waals surface area contributed by atoms with E-state index in [4.69, 9.17) is 0 Å². The fourth-order valence-electron chi connectivity index (χ4n) is 4.06. The summed E-state index contributed by atoms with van der Waals surface area (Å²) in [5.41, 5.74) is 0.609. The van der Waals surface area contributed by atoms with Crippen molar-refractivity contribution >= 4 is 0 Å². The molecule has 2 saturated heterocycles. The van der Waals surface area contributed by atoms with Gasteiger partial charge < -0.3 is 5.32 Å². The Bertz CT molecular complexity index is 491. The molecule has 0 spiro atoms. The summed E-state index contributed by atoms with van der Waals surface area (Å²) in [6.07, 6.45) is 1.08. The molecule has 2 fully saturated rings. The van der Waals surface area contributed by atoms with E-state index in [-0.39, 0.29) is 6.04 Å². The number of rotatable bonds is 3.